The van der Waals surface area contributed by atoms with Gasteiger partial charge in [0.05, 0.1) is 22.0 Å². The molecular weight excluding hydrogens is 348 g/mol. The minimum atomic E-state index is -1.04. The summed E-state index contributed by atoms with van der Waals surface area (Å²) in [5.41, 5.74) is -0.288. The number of amides is 1. The number of rotatable bonds is 3. The molecule has 4 nitrogen and oxygen atoms in total. The smallest absolute Gasteiger partial charge is 0.307 e. The van der Waals surface area contributed by atoms with Crippen molar-refractivity contribution >= 4 is 33.5 Å². The first-order chi connectivity index (χ1) is 9.79. The fraction of sp³-hybridized carbons (Fsp3) is 0.429. The summed E-state index contributed by atoms with van der Waals surface area (Å²) < 4.78 is 27.0. The van der Waals surface area contributed by atoms with Gasteiger partial charge in [0.15, 0.2) is 0 Å². The van der Waals surface area contributed by atoms with Gasteiger partial charge in [-0.25, -0.2) is 8.78 Å². The van der Waals surface area contributed by atoms with Crippen LogP contribution in [0.3, 0.4) is 0 Å². The van der Waals surface area contributed by atoms with Crippen LogP contribution in [0.5, 0.6) is 0 Å². The molecule has 114 valence electrons. The molecule has 2 N–H and O–H groups in total. The van der Waals surface area contributed by atoms with Crippen molar-refractivity contribution in [3.63, 3.8) is 0 Å². The molecule has 0 spiro atoms. The average Bonchev–Trinajstić information content (AvgIpc) is 2.78. The zero-order chi connectivity index (χ0) is 15.7. The third kappa shape index (κ3) is 3.40. The fourth-order valence-electron chi connectivity index (χ4n) is 2.70. The topological polar surface area (TPSA) is 66.4 Å². The van der Waals surface area contributed by atoms with Crippen molar-refractivity contribution in [1.82, 2.24) is 0 Å². The summed E-state index contributed by atoms with van der Waals surface area (Å²) in [4.78, 5) is 23.3. The molecule has 1 aromatic carbocycles. The van der Waals surface area contributed by atoms with Gasteiger partial charge in [0, 0.05) is 6.07 Å². The van der Waals surface area contributed by atoms with Gasteiger partial charge < -0.3 is 10.4 Å². The second-order valence-corrected chi connectivity index (χ2v) is 6.22. The van der Waals surface area contributed by atoms with Crippen molar-refractivity contribution in [3.05, 3.63) is 28.2 Å². The molecule has 7 heteroatoms. The summed E-state index contributed by atoms with van der Waals surface area (Å²) in [6.45, 7) is 1.86. The van der Waals surface area contributed by atoms with E-state index in [1.807, 2.05) is 6.92 Å². The van der Waals surface area contributed by atoms with Crippen molar-refractivity contribution in [3.8, 4) is 0 Å². The van der Waals surface area contributed by atoms with Gasteiger partial charge in [-0.1, -0.05) is 6.92 Å². The maximum atomic E-state index is 13.7. The first-order valence-electron chi connectivity index (χ1n) is 6.47. The van der Waals surface area contributed by atoms with E-state index < -0.39 is 35.3 Å². The van der Waals surface area contributed by atoms with Gasteiger partial charge in [0.25, 0.3) is 0 Å². The SMILES string of the molecule is CC1CC(C(=O)O)C(C(=O)Nc2cc(F)c(Br)cc2F)C1. The lowest BCUT2D eigenvalue weighted by Gasteiger charge is -2.16. The molecule has 0 bridgehead atoms. The Balaban J connectivity index is 2.18. The predicted molar refractivity (Wildman–Crippen MR) is 75.7 cm³/mol. The van der Waals surface area contributed by atoms with E-state index in [-0.39, 0.29) is 16.1 Å². The highest BCUT2D eigenvalue weighted by molar-refractivity contribution is 9.10. The van der Waals surface area contributed by atoms with Gasteiger partial charge in [-0.3, -0.25) is 9.59 Å². The quantitative estimate of drug-likeness (QED) is 0.810. The van der Waals surface area contributed by atoms with E-state index >= 15 is 0 Å². The van der Waals surface area contributed by atoms with Crippen LogP contribution in [0.1, 0.15) is 19.8 Å². The molecule has 21 heavy (non-hydrogen) atoms. The van der Waals surface area contributed by atoms with E-state index in [0.29, 0.717) is 12.8 Å². The molecule has 0 aliphatic heterocycles. The van der Waals surface area contributed by atoms with Crippen molar-refractivity contribution in [1.29, 1.82) is 0 Å². The molecule has 0 aromatic heterocycles. The van der Waals surface area contributed by atoms with Crippen LogP contribution in [0.25, 0.3) is 0 Å². The number of halogens is 3. The highest BCUT2D eigenvalue weighted by atomic mass is 79.9. The Labute approximate surface area is 128 Å². The summed E-state index contributed by atoms with van der Waals surface area (Å²) in [6, 6.07) is 1.78. The molecule has 0 radical (unpaired) electrons. The molecule has 2 rings (SSSR count). The summed E-state index contributed by atoms with van der Waals surface area (Å²) in [7, 11) is 0. The van der Waals surface area contributed by atoms with Crippen molar-refractivity contribution in [2.45, 2.75) is 19.8 Å². The molecule has 0 saturated heterocycles. The first kappa shape index (κ1) is 15.9. The van der Waals surface area contributed by atoms with E-state index in [9.17, 15) is 18.4 Å². The number of anilines is 1. The van der Waals surface area contributed by atoms with E-state index in [1.54, 1.807) is 0 Å². The standard InChI is InChI=1S/C14H14BrF2NO3/c1-6-2-7(8(3-6)14(20)21)13(19)18-12-5-10(16)9(15)4-11(12)17/h4-8H,2-3H2,1H3,(H,18,19)(H,20,21). The lowest BCUT2D eigenvalue weighted by molar-refractivity contribution is -0.145. The Bertz CT molecular complexity index is 594. The summed E-state index contributed by atoms with van der Waals surface area (Å²) in [5, 5.41) is 11.4. The maximum absolute atomic E-state index is 13.7. The zero-order valence-corrected chi connectivity index (χ0v) is 12.8. The van der Waals surface area contributed by atoms with Crippen molar-refractivity contribution < 1.29 is 23.5 Å². The minimum absolute atomic E-state index is 0.0455. The number of benzene rings is 1. The molecule has 1 aliphatic rings. The molecular formula is C14H14BrF2NO3. The van der Waals surface area contributed by atoms with Gasteiger partial charge in [-0.2, -0.15) is 0 Å². The Kier molecular flexibility index (Phi) is 4.61. The highest BCUT2D eigenvalue weighted by Crippen LogP contribution is 2.37. The fourth-order valence-corrected chi connectivity index (χ4v) is 3.01. The number of hydrogen-bond donors (Lipinski definition) is 2. The number of carbonyl (C=O) groups is 2. The lowest BCUT2D eigenvalue weighted by Crippen LogP contribution is -2.30. The van der Waals surface area contributed by atoms with Crippen molar-refractivity contribution in [2.75, 3.05) is 5.32 Å². The first-order valence-corrected chi connectivity index (χ1v) is 7.27. The molecule has 3 unspecified atom stereocenters. The second kappa shape index (κ2) is 6.09. The lowest BCUT2D eigenvalue weighted by atomic mass is 9.95. The van der Waals surface area contributed by atoms with Crippen LogP contribution >= 0.6 is 15.9 Å². The molecule has 3 atom stereocenters. The number of carboxylic acids is 1. The number of carboxylic acid groups (broad SMARTS) is 1. The predicted octanol–water partition coefficient (Wildman–Crippen LogP) is 3.41. The van der Waals surface area contributed by atoms with Crippen LogP contribution in [0, 0.1) is 29.4 Å². The van der Waals surface area contributed by atoms with Crippen LogP contribution in [-0.2, 0) is 9.59 Å². The molecule has 1 saturated carbocycles. The van der Waals surface area contributed by atoms with Crippen LogP contribution in [-0.4, -0.2) is 17.0 Å². The Hall–Kier alpha value is -1.50. The molecule has 0 heterocycles. The zero-order valence-electron chi connectivity index (χ0n) is 11.2. The summed E-state index contributed by atoms with van der Waals surface area (Å²) in [6.07, 6.45) is 0.827. The highest BCUT2D eigenvalue weighted by Gasteiger charge is 2.41. The third-order valence-electron chi connectivity index (χ3n) is 3.72. The van der Waals surface area contributed by atoms with Crippen LogP contribution in [0.2, 0.25) is 0 Å². The van der Waals surface area contributed by atoms with Crippen LogP contribution < -0.4 is 5.32 Å². The normalized spacial score (nSPS) is 24.9. The Morgan fingerprint density at radius 1 is 1.24 bits per heavy atom. The maximum Gasteiger partial charge on any atom is 0.307 e. The molecule has 1 fully saturated rings. The Morgan fingerprint density at radius 2 is 1.86 bits per heavy atom. The Morgan fingerprint density at radius 3 is 2.48 bits per heavy atom. The van der Waals surface area contributed by atoms with Gasteiger partial charge in [-0.15, -0.1) is 0 Å². The molecule has 1 aliphatic carbocycles. The van der Waals surface area contributed by atoms with E-state index in [1.165, 1.54) is 0 Å². The van der Waals surface area contributed by atoms with E-state index in [2.05, 4.69) is 21.2 Å². The van der Waals surface area contributed by atoms with Gasteiger partial charge >= 0.3 is 5.97 Å². The van der Waals surface area contributed by atoms with Gasteiger partial charge in [-0.05, 0) is 40.8 Å². The van der Waals surface area contributed by atoms with Gasteiger partial charge in [0.1, 0.15) is 11.6 Å². The number of aliphatic carboxylic acids is 1. The van der Waals surface area contributed by atoms with E-state index in [0.717, 1.165) is 12.1 Å². The largest absolute Gasteiger partial charge is 0.481 e. The number of carbonyl (C=O) groups excluding carboxylic acids is 1. The number of nitrogens with one attached hydrogen (secondary N) is 1. The molecule has 1 amide bonds. The molecule has 1 aromatic rings. The van der Waals surface area contributed by atoms with E-state index in [4.69, 9.17) is 5.11 Å². The van der Waals surface area contributed by atoms with Crippen molar-refractivity contribution in [2.24, 2.45) is 17.8 Å². The average molecular weight is 362 g/mol. The van der Waals surface area contributed by atoms with Crippen LogP contribution in [0.15, 0.2) is 16.6 Å². The minimum Gasteiger partial charge on any atom is -0.481 e. The monoisotopic (exact) mass is 361 g/mol. The van der Waals surface area contributed by atoms with Gasteiger partial charge in [0.2, 0.25) is 5.91 Å². The third-order valence-corrected chi connectivity index (χ3v) is 4.33. The van der Waals surface area contributed by atoms with Crippen LogP contribution in [0.4, 0.5) is 14.5 Å². The summed E-state index contributed by atoms with van der Waals surface area (Å²) >= 11 is 2.84. The second-order valence-electron chi connectivity index (χ2n) is 5.36. The number of hydrogen-bond acceptors (Lipinski definition) is 2. The summed E-state index contributed by atoms with van der Waals surface area (Å²) in [5.74, 6) is -4.54.